The largest absolute Gasteiger partial charge is 0.494 e. The highest BCUT2D eigenvalue weighted by Crippen LogP contribution is 2.35. The first-order valence-corrected chi connectivity index (χ1v) is 8.78. The van der Waals surface area contributed by atoms with Gasteiger partial charge in [-0.05, 0) is 19.1 Å². The predicted molar refractivity (Wildman–Crippen MR) is 96.0 cm³/mol. The Morgan fingerprint density at radius 3 is 2.73 bits per heavy atom. The SMILES string of the molecule is CCOC(=O)c1n[nH]c2c1CN(C(=O)c1c(Cl)ccc(Cl)c1OC)CC2. The number of halogens is 2. The van der Waals surface area contributed by atoms with E-state index in [1.807, 2.05) is 0 Å². The van der Waals surface area contributed by atoms with Gasteiger partial charge in [-0.2, -0.15) is 5.10 Å². The van der Waals surface area contributed by atoms with Crippen LogP contribution in [0.25, 0.3) is 0 Å². The molecule has 0 unspecified atom stereocenters. The van der Waals surface area contributed by atoms with Gasteiger partial charge in [0.2, 0.25) is 0 Å². The van der Waals surface area contributed by atoms with Crippen molar-refractivity contribution >= 4 is 35.1 Å². The van der Waals surface area contributed by atoms with E-state index in [1.54, 1.807) is 24.0 Å². The Labute approximate surface area is 160 Å². The van der Waals surface area contributed by atoms with Gasteiger partial charge in [-0.15, -0.1) is 0 Å². The highest BCUT2D eigenvalue weighted by atomic mass is 35.5. The lowest BCUT2D eigenvalue weighted by atomic mass is 10.0. The standard InChI is InChI=1S/C17H17Cl2N3O4/c1-3-26-17(24)14-9-8-22(7-6-12(9)20-21-14)16(23)13-10(18)4-5-11(19)15(13)25-2/h4-5H,3,6-8H2,1-2H3,(H,20,21). The first-order chi connectivity index (χ1) is 12.5. The fourth-order valence-corrected chi connectivity index (χ4v) is 3.39. The molecule has 1 aromatic carbocycles. The quantitative estimate of drug-likeness (QED) is 0.801. The van der Waals surface area contributed by atoms with E-state index in [2.05, 4.69) is 10.2 Å². The van der Waals surface area contributed by atoms with Crippen LogP contribution in [-0.4, -0.2) is 47.2 Å². The van der Waals surface area contributed by atoms with Crippen LogP contribution in [0.15, 0.2) is 12.1 Å². The molecule has 1 N–H and O–H groups in total. The highest BCUT2D eigenvalue weighted by molar-refractivity contribution is 6.37. The zero-order chi connectivity index (χ0) is 18.8. The van der Waals surface area contributed by atoms with E-state index >= 15 is 0 Å². The molecule has 0 atom stereocenters. The summed E-state index contributed by atoms with van der Waals surface area (Å²) in [4.78, 5) is 26.7. The van der Waals surface area contributed by atoms with Crippen molar-refractivity contribution in [2.24, 2.45) is 0 Å². The van der Waals surface area contributed by atoms with Crippen LogP contribution < -0.4 is 4.74 Å². The average Bonchev–Trinajstić information content (AvgIpc) is 3.06. The second-order valence-corrected chi connectivity index (χ2v) is 6.48. The minimum absolute atomic E-state index is 0.198. The molecule has 0 bridgehead atoms. The van der Waals surface area contributed by atoms with Crippen LogP contribution in [0.3, 0.4) is 0 Å². The Morgan fingerprint density at radius 2 is 2.04 bits per heavy atom. The van der Waals surface area contributed by atoms with Gasteiger partial charge in [-0.25, -0.2) is 4.79 Å². The van der Waals surface area contributed by atoms with Crippen LogP contribution in [0.5, 0.6) is 5.75 Å². The Kier molecular flexibility index (Phi) is 5.38. The van der Waals surface area contributed by atoms with Crippen molar-refractivity contribution in [2.45, 2.75) is 19.9 Å². The van der Waals surface area contributed by atoms with Gasteiger partial charge in [0.05, 0.1) is 30.3 Å². The number of aromatic nitrogens is 2. The fraction of sp³-hybridized carbons (Fsp3) is 0.353. The molecule has 1 aliphatic rings. The average molecular weight is 398 g/mol. The monoisotopic (exact) mass is 397 g/mol. The molecule has 0 saturated heterocycles. The molecular weight excluding hydrogens is 381 g/mol. The maximum absolute atomic E-state index is 13.0. The molecule has 1 amide bonds. The summed E-state index contributed by atoms with van der Waals surface area (Å²) in [7, 11) is 1.43. The van der Waals surface area contributed by atoms with E-state index in [1.165, 1.54) is 7.11 Å². The molecule has 1 aliphatic heterocycles. The number of hydrogen-bond acceptors (Lipinski definition) is 5. The van der Waals surface area contributed by atoms with E-state index in [0.29, 0.717) is 23.6 Å². The van der Waals surface area contributed by atoms with Crippen molar-refractivity contribution in [3.63, 3.8) is 0 Å². The number of hydrogen-bond donors (Lipinski definition) is 1. The number of ether oxygens (including phenoxy) is 2. The van der Waals surface area contributed by atoms with E-state index in [4.69, 9.17) is 32.7 Å². The zero-order valence-corrected chi connectivity index (χ0v) is 15.8. The van der Waals surface area contributed by atoms with Crippen molar-refractivity contribution in [3.05, 3.63) is 44.7 Å². The summed E-state index contributed by atoms with van der Waals surface area (Å²) >= 11 is 12.3. The molecule has 0 radical (unpaired) electrons. The van der Waals surface area contributed by atoms with Crippen molar-refractivity contribution in [2.75, 3.05) is 20.3 Å². The summed E-state index contributed by atoms with van der Waals surface area (Å²) in [6.45, 7) is 2.63. The number of amides is 1. The lowest BCUT2D eigenvalue weighted by molar-refractivity contribution is 0.0513. The summed E-state index contributed by atoms with van der Waals surface area (Å²) in [6, 6.07) is 3.12. The first kappa shape index (κ1) is 18.5. The molecule has 26 heavy (non-hydrogen) atoms. The number of esters is 1. The predicted octanol–water partition coefficient (Wildman–Crippen LogP) is 3.10. The Morgan fingerprint density at radius 1 is 1.31 bits per heavy atom. The minimum atomic E-state index is -0.516. The third kappa shape index (κ3) is 3.24. The number of nitrogens with one attached hydrogen (secondary N) is 1. The molecule has 0 fully saturated rings. The van der Waals surface area contributed by atoms with Crippen LogP contribution in [0, 0.1) is 0 Å². The molecule has 3 rings (SSSR count). The molecule has 1 aromatic heterocycles. The summed E-state index contributed by atoms with van der Waals surface area (Å²) < 4.78 is 10.3. The maximum atomic E-state index is 13.0. The second kappa shape index (κ2) is 7.55. The smallest absolute Gasteiger partial charge is 0.359 e. The third-order valence-electron chi connectivity index (χ3n) is 4.17. The van der Waals surface area contributed by atoms with E-state index in [0.717, 1.165) is 5.69 Å². The van der Waals surface area contributed by atoms with Crippen molar-refractivity contribution in [1.82, 2.24) is 15.1 Å². The fourth-order valence-electron chi connectivity index (χ4n) is 2.93. The van der Waals surface area contributed by atoms with Crippen LogP contribution in [0.2, 0.25) is 10.0 Å². The van der Waals surface area contributed by atoms with E-state index in [9.17, 15) is 9.59 Å². The van der Waals surface area contributed by atoms with Crippen LogP contribution in [-0.2, 0) is 17.7 Å². The Bertz CT molecular complexity index is 866. The first-order valence-electron chi connectivity index (χ1n) is 8.02. The lowest BCUT2D eigenvalue weighted by Crippen LogP contribution is -2.36. The van der Waals surface area contributed by atoms with Crippen molar-refractivity contribution in [3.8, 4) is 5.75 Å². The van der Waals surface area contributed by atoms with Gasteiger partial charge in [0.15, 0.2) is 11.4 Å². The molecule has 0 aliphatic carbocycles. The van der Waals surface area contributed by atoms with Crippen LogP contribution in [0.1, 0.15) is 39.0 Å². The number of carbonyl (C=O) groups is 2. The molecule has 0 spiro atoms. The third-order valence-corrected chi connectivity index (χ3v) is 4.78. The van der Waals surface area contributed by atoms with Gasteiger partial charge >= 0.3 is 5.97 Å². The molecule has 9 heteroatoms. The number of aromatic amines is 1. The topological polar surface area (TPSA) is 84.5 Å². The van der Waals surface area contributed by atoms with Crippen molar-refractivity contribution < 1.29 is 19.1 Å². The number of nitrogens with zero attached hydrogens (tertiary/aromatic N) is 2. The molecular formula is C17H17Cl2N3O4. The lowest BCUT2D eigenvalue weighted by Gasteiger charge is -2.28. The Hall–Kier alpha value is -2.25. The number of benzene rings is 1. The summed E-state index contributed by atoms with van der Waals surface area (Å²) in [5, 5.41) is 7.44. The summed E-state index contributed by atoms with van der Waals surface area (Å²) in [6.07, 6.45) is 0.536. The van der Waals surface area contributed by atoms with Gasteiger partial charge in [-0.3, -0.25) is 9.89 Å². The molecule has 138 valence electrons. The van der Waals surface area contributed by atoms with E-state index in [-0.39, 0.29) is 41.1 Å². The number of fused-ring (bicyclic) bond motifs is 1. The van der Waals surface area contributed by atoms with Gasteiger partial charge in [0.1, 0.15) is 5.56 Å². The maximum Gasteiger partial charge on any atom is 0.359 e. The van der Waals surface area contributed by atoms with Crippen LogP contribution >= 0.6 is 23.2 Å². The summed E-state index contributed by atoms with van der Waals surface area (Å²) in [5.74, 6) is -0.610. The van der Waals surface area contributed by atoms with E-state index < -0.39 is 5.97 Å². The normalized spacial score (nSPS) is 13.3. The van der Waals surface area contributed by atoms with Crippen LogP contribution in [0.4, 0.5) is 0 Å². The summed E-state index contributed by atoms with van der Waals surface area (Å²) in [5.41, 5.74) is 1.87. The molecule has 2 aromatic rings. The number of carbonyl (C=O) groups excluding carboxylic acids is 2. The van der Waals surface area contributed by atoms with Gasteiger partial charge in [-0.1, -0.05) is 23.2 Å². The van der Waals surface area contributed by atoms with Gasteiger partial charge < -0.3 is 14.4 Å². The van der Waals surface area contributed by atoms with Crippen molar-refractivity contribution in [1.29, 1.82) is 0 Å². The molecule has 0 saturated carbocycles. The van der Waals surface area contributed by atoms with Gasteiger partial charge in [0, 0.05) is 24.2 Å². The highest BCUT2D eigenvalue weighted by Gasteiger charge is 2.31. The number of methoxy groups -OCH3 is 1. The minimum Gasteiger partial charge on any atom is -0.494 e. The number of H-pyrrole nitrogens is 1. The second-order valence-electron chi connectivity index (χ2n) is 5.66. The molecule has 2 heterocycles. The van der Waals surface area contributed by atoms with Gasteiger partial charge in [0.25, 0.3) is 5.91 Å². The number of rotatable bonds is 4. The zero-order valence-electron chi connectivity index (χ0n) is 14.3. The molecule has 7 nitrogen and oxygen atoms in total. The Balaban J connectivity index is 1.92.